The minimum atomic E-state index is -0.262. The normalized spacial score (nSPS) is 25.8. The van der Waals surface area contributed by atoms with Crippen LogP contribution in [0.1, 0.15) is 4.88 Å². The van der Waals surface area contributed by atoms with Gasteiger partial charge < -0.3 is 14.4 Å². The molecule has 128 valence electrons. The zero-order chi connectivity index (χ0) is 16.2. The second-order valence-corrected chi connectivity index (χ2v) is 7.54. The Bertz CT molecular complexity index is 637. The summed E-state index contributed by atoms with van der Waals surface area (Å²) in [6.07, 6.45) is 3.73. The van der Waals surface area contributed by atoms with Crippen molar-refractivity contribution in [2.24, 2.45) is 0 Å². The van der Waals surface area contributed by atoms with Crippen LogP contribution in [0.15, 0.2) is 42.0 Å². The van der Waals surface area contributed by atoms with E-state index in [9.17, 15) is 0 Å². The van der Waals surface area contributed by atoms with Gasteiger partial charge in [0.05, 0.1) is 38.2 Å². The summed E-state index contributed by atoms with van der Waals surface area (Å²) in [5.41, 5.74) is 0.878. The molecule has 1 spiro atoms. The molecule has 2 fully saturated rings. The molecule has 2 aromatic rings. The molecule has 4 rings (SSSR count). The number of hydrogen-bond donors (Lipinski definition) is 0. The van der Waals surface area contributed by atoms with Crippen molar-refractivity contribution in [3.05, 3.63) is 46.9 Å². The van der Waals surface area contributed by atoms with E-state index in [1.165, 1.54) is 4.88 Å². The Morgan fingerprint density at radius 3 is 3.00 bits per heavy atom. The highest BCUT2D eigenvalue weighted by Crippen LogP contribution is 2.27. The molecular formula is C18H23N3O2S. The van der Waals surface area contributed by atoms with Gasteiger partial charge in [0.15, 0.2) is 0 Å². The molecule has 2 aliphatic heterocycles. The SMILES string of the molecule is c1cncc(N2CCOC[C@@]3(CN(Cc4cccs4)CCO3)C2)c1. The van der Waals surface area contributed by atoms with Gasteiger partial charge in [-0.15, -0.1) is 11.3 Å². The monoisotopic (exact) mass is 345 g/mol. The van der Waals surface area contributed by atoms with E-state index in [2.05, 4.69) is 38.4 Å². The molecule has 0 bridgehead atoms. The molecule has 0 aromatic carbocycles. The first-order chi connectivity index (χ1) is 11.8. The summed E-state index contributed by atoms with van der Waals surface area (Å²) >= 11 is 1.82. The Labute approximate surface area is 146 Å². The summed E-state index contributed by atoms with van der Waals surface area (Å²) in [6.45, 7) is 6.75. The van der Waals surface area contributed by atoms with E-state index in [-0.39, 0.29) is 5.60 Å². The smallest absolute Gasteiger partial charge is 0.121 e. The van der Waals surface area contributed by atoms with Gasteiger partial charge in [-0.1, -0.05) is 6.07 Å². The van der Waals surface area contributed by atoms with E-state index in [0.717, 1.165) is 51.6 Å². The molecule has 2 aliphatic rings. The van der Waals surface area contributed by atoms with Crippen LogP contribution < -0.4 is 4.90 Å². The van der Waals surface area contributed by atoms with Crippen LogP contribution in [-0.4, -0.2) is 61.5 Å². The van der Waals surface area contributed by atoms with Gasteiger partial charge in [0.1, 0.15) is 5.60 Å². The Balaban J connectivity index is 1.49. The van der Waals surface area contributed by atoms with Crippen molar-refractivity contribution in [2.45, 2.75) is 12.1 Å². The van der Waals surface area contributed by atoms with E-state index in [4.69, 9.17) is 9.47 Å². The molecule has 6 heteroatoms. The van der Waals surface area contributed by atoms with Crippen molar-refractivity contribution in [1.29, 1.82) is 0 Å². The summed E-state index contributed by atoms with van der Waals surface area (Å²) in [5.74, 6) is 0. The topological polar surface area (TPSA) is 37.8 Å². The van der Waals surface area contributed by atoms with Crippen molar-refractivity contribution in [3.63, 3.8) is 0 Å². The second-order valence-electron chi connectivity index (χ2n) is 6.51. The Hall–Kier alpha value is -1.47. The highest BCUT2D eigenvalue weighted by atomic mass is 32.1. The van der Waals surface area contributed by atoms with Crippen molar-refractivity contribution >= 4 is 17.0 Å². The molecule has 24 heavy (non-hydrogen) atoms. The fraction of sp³-hybridized carbons (Fsp3) is 0.500. The summed E-state index contributed by atoms with van der Waals surface area (Å²) in [5, 5.41) is 2.14. The fourth-order valence-electron chi connectivity index (χ4n) is 3.53. The van der Waals surface area contributed by atoms with Gasteiger partial charge in [-0.25, -0.2) is 0 Å². The quantitative estimate of drug-likeness (QED) is 0.853. The molecule has 0 unspecified atom stereocenters. The first kappa shape index (κ1) is 16.0. The van der Waals surface area contributed by atoms with Crippen LogP contribution in [0.5, 0.6) is 0 Å². The van der Waals surface area contributed by atoms with Crippen LogP contribution >= 0.6 is 11.3 Å². The maximum absolute atomic E-state index is 6.26. The minimum Gasteiger partial charge on any atom is -0.376 e. The lowest BCUT2D eigenvalue weighted by atomic mass is 10.0. The lowest BCUT2D eigenvalue weighted by Crippen LogP contribution is -2.58. The molecule has 0 saturated carbocycles. The van der Waals surface area contributed by atoms with Crippen molar-refractivity contribution < 1.29 is 9.47 Å². The molecule has 0 radical (unpaired) electrons. The molecule has 2 aromatic heterocycles. The number of pyridine rings is 1. The third kappa shape index (κ3) is 3.62. The Kier molecular flexibility index (Phi) is 4.80. The highest BCUT2D eigenvalue weighted by Gasteiger charge is 2.40. The number of morpholine rings is 1. The predicted octanol–water partition coefficient (Wildman–Crippen LogP) is 2.25. The molecule has 0 amide bonds. The van der Waals surface area contributed by atoms with Crippen LogP contribution in [0, 0.1) is 0 Å². The summed E-state index contributed by atoms with van der Waals surface area (Å²) in [7, 11) is 0. The van der Waals surface area contributed by atoms with Gasteiger partial charge in [0, 0.05) is 37.3 Å². The number of thiophene rings is 1. The number of nitrogens with zero attached hydrogens (tertiary/aromatic N) is 3. The Morgan fingerprint density at radius 2 is 2.17 bits per heavy atom. The zero-order valence-corrected chi connectivity index (χ0v) is 14.6. The van der Waals surface area contributed by atoms with Crippen LogP contribution in [0.2, 0.25) is 0 Å². The maximum atomic E-state index is 6.26. The molecule has 4 heterocycles. The molecular weight excluding hydrogens is 322 g/mol. The summed E-state index contributed by atoms with van der Waals surface area (Å²) < 4.78 is 12.2. The number of aromatic nitrogens is 1. The average molecular weight is 345 g/mol. The lowest BCUT2D eigenvalue weighted by molar-refractivity contribution is -0.134. The number of ether oxygens (including phenoxy) is 2. The first-order valence-corrected chi connectivity index (χ1v) is 9.32. The lowest BCUT2D eigenvalue weighted by Gasteiger charge is -2.43. The van der Waals surface area contributed by atoms with E-state index in [0.29, 0.717) is 6.61 Å². The number of hydrogen-bond acceptors (Lipinski definition) is 6. The standard InChI is InChI=1S/C18H23N3O2S/c1-3-16(11-19-5-1)21-7-8-22-15-18(14-21)13-20(6-9-23-18)12-17-4-2-10-24-17/h1-5,10-11H,6-9,12-15H2/t18-/m1/s1. The second kappa shape index (κ2) is 7.19. The van der Waals surface area contributed by atoms with E-state index >= 15 is 0 Å². The van der Waals surface area contributed by atoms with Gasteiger partial charge in [-0.05, 0) is 23.6 Å². The van der Waals surface area contributed by atoms with Crippen LogP contribution in [-0.2, 0) is 16.0 Å². The fourth-order valence-corrected chi connectivity index (χ4v) is 4.28. The van der Waals surface area contributed by atoms with Crippen molar-refractivity contribution in [2.75, 3.05) is 50.9 Å². The zero-order valence-electron chi connectivity index (χ0n) is 13.8. The average Bonchev–Trinajstić information content (AvgIpc) is 3.03. The van der Waals surface area contributed by atoms with E-state index < -0.39 is 0 Å². The predicted molar refractivity (Wildman–Crippen MR) is 95.5 cm³/mol. The first-order valence-electron chi connectivity index (χ1n) is 8.44. The van der Waals surface area contributed by atoms with Crippen LogP contribution in [0.4, 0.5) is 5.69 Å². The molecule has 1 atom stereocenters. The molecule has 2 saturated heterocycles. The highest BCUT2D eigenvalue weighted by molar-refractivity contribution is 7.09. The van der Waals surface area contributed by atoms with Crippen LogP contribution in [0.25, 0.3) is 0 Å². The summed E-state index contributed by atoms with van der Waals surface area (Å²) in [6, 6.07) is 8.42. The van der Waals surface area contributed by atoms with Crippen molar-refractivity contribution in [3.8, 4) is 0 Å². The van der Waals surface area contributed by atoms with Gasteiger partial charge in [-0.2, -0.15) is 0 Å². The van der Waals surface area contributed by atoms with Crippen LogP contribution in [0.3, 0.4) is 0 Å². The van der Waals surface area contributed by atoms with Crippen molar-refractivity contribution in [1.82, 2.24) is 9.88 Å². The third-order valence-corrected chi connectivity index (χ3v) is 5.51. The molecule has 0 aliphatic carbocycles. The summed E-state index contributed by atoms with van der Waals surface area (Å²) in [4.78, 5) is 10.5. The van der Waals surface area contributed by atoms with E-state index in [1.807, 2.05) is 29.8 Å². The van der Waals surface area contributed by atoms with Gasteiger partial charge in [0.2, 0.25) is 0 Å². The van der Waals surface area contributed by atoms with E-state index in [1.54, 1.807) is 0 Å². The third-order valence-electron chi connectivity index (χ3n) is 4.65. The van der Waals surface area contributed by atoms with Gasteiger partial charge >= 0.3 is 0 Å². The molecule has 0 N–H and O–H groups in total. The molecule has 5 nitrogen and oxygen atoms in total. The number of rotatable bonds is 3. The van der Waals surface area contributed by atoms with Gasteiger partial charge in [-0.3, -0.25) is 9.88 Å². The minimum absolute atomic E-state index is 0.262. The Morgan fingerprint density at radius 1 is 1.17 bits per heavy atom. The largest absolute Gasteiger partial charge is 0.376 e. The van der Waals surface area contributed by atoms with Gasteiger partial charge in [0.25, 0.3) is 0 Å². The number of anilines is 1. The maximum Gasteiger partial charge on any atom is 0.121 e.